The van der Waals surface area contributed by atoms with E-state index < -0.39 is 28.7 Å². The number of benzene rings is 1. The highest BCUT2D eigenvalue weighted by Gasteiger charge is 2.74. The summed E-state index contributed by atoms with van der Waals surface area (Å²) < 4.78 is 10.1. The lowest BCUT2D eigenvalue weighted by atomic mass is 9.71. The van der Waals surface area contributed by atoms with Gasteiger partial charge in [-0.05, 0) is 56.4 Å². The molecule has 8 nitrogen and oxygen atoms in total. The van der Waals surface area contributed by atoms with E-state index in [1.165, 1.54) is 0 Å². The van der Waals surface area contributed by atoms with E-state index in [0.29, 0.717) is 30.7 Å². The van der Waals surface area contributed by atoms with Crippen LogP contribution in [0.2, 0.25) is 0 Å². The van der Waals surface area contributed by atoms with Crippen LogP contribution in [0.1, 0.15) is 39.0 Å². The van der Waals surface area contributed by atoms with Crippen LogP contribution in [0.4, 0.5) is 5.69 Å². The van der Waals surface area contributed by atoms with Gasteiger partial charge in [-0.2, -0.15) is 0 Å². The maximum atomic E-state index is 14.5. The van der Waals surface area contributed by atoms with Crippen molar-refractivity contribution in [2.75, 3.05) is 31.8 Å². The van der Waals surface area contributed by atoms with E-state index in [1.807, 2.05) is 19.1 Å². The molecule has 2 amide bonds. The van der Waals surface area contributed by atoms with Gasteiger partial charge in [0.25, 0.3) is 5.91 Å². The van der Waals surface area contributed by atoms with Crippen LogP contribution in [0, 0.1) is 11.8 Å². The lowest BCUT2D eigenvalue weighted by Gasteiger charge is -2.39. The second-order valence-corrected chi connectivity index (χ2v) is 11.7. The van der Waals surface area contributed by atoms with Crippen LogP contribution in [-0.2, 0) is 19.1 Å². The maximum Gasteiger partial charge on any atom is 0.310 e. The molecule has 0 aromatic heterocycles. The second-order valence-electron chi connectivity index (χ2n) is 10.1. The number of aliphatic hydroxyl groups excluding tert-OH is 1. The van der Waals surface area contributed by atoms with Gasteiger partial charge in [0.05, 0.1) is 42.9 Å². The monoisotopic (exact) mass is 542 g/mol. The lowest BCUT2D eigenvalue weighted by molar-refractivity contribution is -0.154. The highest BCUT2D eigenvalue weighted by molar-refractivity contribution is 8.02. The van der Waals surface area contributed by atoms with Crippen LogP contribution in [0.15, 0.2) is 49.6 Å². The van der Waals surface area contributed by atoms with Crippen molar-refractivity contribution in [3.8, 4) is 5.75 Å². The zero-order valence-electron chi connectivity index (χ0n) is 22.2. The molecular weight excluding hydrogens is 504 g/mol. The van der Waals surface area contributed by atoms with Crippen LogP contribution in [0.25, 0.3) is 0 Å². The molecular formula is C29H38N2O6S. The lowest BCUT2D eigenvalue weighted by Crippen LogP contribution is -2.57. The Morgan fingerprint density at radius 1 is 1.29 bits per heavy atom. The van der Waals surface area contributed by atoms with Gasteiger partial charge in [0, 0.05) is 17.5 Å². The first kappa shape index (κ1) is 28.2. The number of hydrogen-bond acceptors (Lipinski definition) is 7. The van der Waals surface area contributed by atoms with Crippen molar-refractivity contribution in [1.29, 1.82) is 0 Å². The third kappa shape index (κ3) is 4.75. The summed E-state index contributed by atoms with van der Waals surface area (Å²) in [6.45, 7) is 9.71. The molecule has 38 heavy (non-hydrogen) atoms. The number of anilines is 1. The predicted molar refractivity (Wildman–Crippen MR) is 148 cm³/mol. The first-order chi connectivity index (χ1) is 18.4. The molecule has 2 bridgehead atoms. The summed E-state index contributed by atoms with van der Waals surface area (Å²) in [7, 11) is 1.58. The van der Waals surface area contributed by atoms with Crippen molar-refractivity contribution in [3.05, 3.63) is 49.6 Å². The zero-order chi connectivity index (χ0) is 27.4. The molecule has 6 atom stereocenters. The minimum absolute atomic E-state index is 0.0728. The maximum absolute atomic E-state index is 14.5. The van der Waals surface area contributed by atoms with E-state index >= 15 is 0 Å². The van der Waals surface area contributed by atoms with E-state index in [9.17, 15) is 19.5 Å². The topological polar surface area (TPSA) is 96.4 Å². The molecule has 9 heteroatoms. The minimum Gasteiger partial charge on any atom is -0.497 e. The summed E-state index contributed by atoms with van der Waals surface area (Å²) in [4.78, 5) is 45.1. The number of carbonyl (C=O) groups is 3. The number of carbonyl (C=O) groups excluding carboxylic acids is 3. The summed E-state index contributed by atoms with van der Waals surface area (Å²) >= 11 is 1.59. The molecule has 4 rings (SSSR count). The summed E-state index contributed by atoms with van der Waals surface area (Å²) in [5.74, 6) is -1.42. The van der Waals surface area contributed by atoms with Gasteiger partial charge in [-0.3, -0.25) is 14.4 Å². The molecule has 3 heterocycles. The number of likely N-dealkylation sites (tertiary alicyclic amines) is 1. The smallest absolute Gasteiger partial charge is 0.310 e. The largest absolute Gasteiger partial charge is 0.497 e. The average Bonchev–Trinajstić information content (AvgIpc) is 3.58. The number of amides is 2. The highest BCUT2D eigenvalue weighted by Crippen LogP contribution is 2.67. The molecule has 3 aliphatic rings. The van der Waals surface area contributed by atoms with Gasteiger partial charge >= 0.3 is 5.97 Å². The molecule has 0 radical (unpaired) electrons. The van der Waals surface area contributed by atoms with Crippen LogP contribution >= 0.6 is 11.8 Å². The van der Waals surface area contributed by atoms with Gasteiger partial charge in [0.2, 0.25) is 5.91 Å². The highest BCUT2D eigenvalue weighted by atomic mass is 32.2. The molecule has 206 valence electrons. The Bertz CT molecular complexity index is 1060. The molecule has 1 aromatic carbocycles. The number of rotatable bonds is 13. The van der Waals surface area contributed by atoms with E-state index in [0.717, 1.165) is 12.8 Å². The number of ether oxygens (including phenoxy) is 2. The van der Waals surface area contributed by atoms with E-state index in [-0.39, 0.29) is 42.8 Å². The number of fused-ring (bicyclic) bond motifs is 1. The summed E-state index contributed by atoms with van der Waals surface area (Å²) in [6.07, 6.45) is 6.73. The van der Waals surface area contributed by atoms with Crippen molar-refractivity contribution in [3.63, 3.8) is 0 Å². The Morgan fingerprint density at radius 2 is 2.03 bits per heavy atom. The molecule has 3 fully saturated rings. The van der Waals surface area contributed by atoms with Crippen LogP contribution in [-0.4, -0.2) is 76.7 Å². The first-order valence-corrected chi connectivity index (χ1v) is 14.2. The van der Waals surface area contributed by atoms with Crippen molar-refractivity contribution >= 4 is 35.2 Å². The van der Waals surface area contributed by atoms with Gasteiger partial charge < -0.3 is 24.4 Å². The predicted octanol–water partition coefficient (Wildman–Crippen LogP) is 3.59. The number of thioether (sulfide) groups is 1. The summed E-state index contributed by atoms with van der Waals surface area (Å²) in [5, 5.41) is 10.2. The SMILES string of the molecule is C=CCCCOC(=O)[C@@H]1[C@@H]2CCC3(S2)C(C(=O)N(CC=C)c2ccc(OC)cc2)N([C@@H](CC)CO)C(=O)[C@H]13. The van der Waals surface area contributed by atoms with E-state index in [4.69, 9.17) is 9.47 Å². The van der Waals surface area contributed by atoms with Crippen molar-refractivity contribution in [1.82, 2.24) is 4.90 Å². The first-order valence-electron chi connectivity index (χ1n) is 13.3. The summed E-state index contributed by atoms with van der Waals surface area (Å²) in [6, 6.07) is 5.85. The van der Waals surface area contributed by atoms with Crippen LogP contribution in [0.5, 0.6) is 5.75 Å². The average molecular weight is 543 g/mol. The Labute approximate surface area is 229 Å². The molecule has 1 spiro atoms. The quantitative estimate of drug-likeness (QED) is 0.231. The molecule has 3 saturated heterocycles. The van der Waals surface area contributed by atoms with Gasteiger partial charge in [-0.1, -0.05) is 19.1 Å². The molecule has 3 aliphatic heterocycles. The van der Waals surface area contributed by atoms with Crippen molar-refractivity contribution in [2.24, 2.45) is 11.8 Å². The van der Waals surface area contributed by atoms with Gasteiger partial charge in [-0.25, -0.2) is 0 Å². The number of nitrogens with zero attached hydrogens (tertiary/aromatic N) is 2. The molecule has 0 aliphatic carbocycles. The van der Waals surface area contributed by atoms with E-state index in [1.54, 1.807) is 53.0 Å². The zero-order valence-corrected chi connectivity index (χ0v) is 23.0. The molecule has 1 aromatic rings. The fourth-order valence-electron chi connectivity index (χ4n) is 6.30. The molecule has 1 N–H and O–H groups in total. The Balaban J connectivity index is 1.72. The minimum atomic E-state index is -0.812. The Hall–Kier alpha value is -2.78. The van der Waals surface area contributed by atoms with Gasteiger partial charge in [-0.15, -0.1) is 24.9 Å². The fourth-order valence-corrected chi connectivity index (χ4v) is 8.49. The summed E-state index contributed by atoms with van der Waals surface area (Å²) in [5.41, 5.74) is 0.663. The number of hydrogen-bond donors (Lipinski definition) is 1. The van der Waals surface area contributed by atoms with Crippen molar-refractivity contribution < 1.29 is 29.0 Å². The van der Waals surface area contributed by atoms with Crippen molar-refractivity contribution in [2.45, 2.75) is 61.1 Å². The Morgan fingerprint density at radius 3 is 2.63 bits per heavy atom. The normalized spacial score (nSPS) is 28.1. The number of methoxy groups -OCH3 is 1. The number of aliphatic hydroxyl groups is 1. The number of unbranched alkanes of at least 4 members (excludes halogenated alkanes) is 1. The fraction of sp³-hybridized carbons (Fsp3) is 0.552. The molecule has 2 unspecified atom stereocenters. The Kier molecular flexibility index (Phi) is 8.88. The third-order valence-corrected chi connectivity index (χ3v) is 10.0. The van der Waals surface area contributed by atoms with E-state index in [2.05, 4.69) is 13.2 Å². The number of esters is 1. The van der Waals surface area contributed by atoms with Crippen LogP contribution in [0.3, 0.4) is 0 Å². The molecule has 0 saturated carbocycles. The standard InChI is InChI=1S/C29H38N2O6S/c1-5-8-9-17-37-28(35)23-22-14-15-29(38-22)24(23)26(33)31(19(7-3)18-32)25(29)27(34)30(16-6-2)20-10-12-21(36-4)13-11-20/h5-6,10-13,19,22-25,32H,1-2,7-9,14-18H2,3-4H3/t19-,22-,23+,24-,25?,29?/m0/s1. The van der Waals surface area contributed by atoms with Gasteiger partial charge in [0.15, 0.2) is 0 Å². The van der Waals surface area contributed by atoms with Gasteiger partial charge in [0.1, 0.15) is 11.8 Å². The van der Waals surface area contributed by atoms with Crippen LogP contribution < -0.4 is 9.64 Å². The second kappa shape index (κ2) is 11.9. The number of allylic oxidation sites excluding steroid dienone is 1. The third-order valence-electron chi connectivity index (χ3n) is 8.08.